The summed E-state index contributed by atoms with van der Waals surface area (Å²) in [7, 11) is -3.64. The molecule has 1 aliphatic heterocycles. The molecule has 0 spiro atoms. The van der Waals surface area contributed by atoms with E-state index in [1.165, 1.54) is 29.5 Å². The average molecular weight is 549 g/mol. The summed E-state index contributed by atoms with van der Waals surface area (Å²) in [6.45, 7) is 9.84. The normalized spacial score (nSPS) is 16.4. The lowest BCUT2D eigenvalue weighted by molar-refractivity contribution is 0.130. The van der Waals surface area contributed by atoms with Crippen LogP contribution in [0, 0.1) is 11.7 Å². The molecule has 0 unspecified atom stereocenters. The van der Waals surface area contributed by atoms with Crippen molar-refractivity contribution in [1.29, 1.82) is 0 Å². The van der Waals surface area contributed by atoms with Crippen molar-refractivity contribution in [3.05, 3.63) is 36.0 Å². The van der Waals surface area contributed by atoms with Crippen molar-refractivity contribution < 1.29 is 22.1 Å². The van der Waals surface area contributed by atoms with Crippen LogP contribution in [0.2, 0.25) is 0 Å². The Morgan fingerprint density at radius 2 is 1.95 bits per heavy atom. The molecular formula is C24H29FN6O4S2. The van der Waals surface area contributed by atoms with Crippen LogP contribution in [0.5, 0.6) is 5.19 Å². The Hall–Kier alpha value is -3.06. The SMILES string of the molecule is C[C@H](Oc1nn2cc(-c3ccc(S(C)(=O)=O)c(F)c3)nc2s1)C1CCN(c2nc(C(C)(C)C)no2)CC1. The Morgan fingerprint density at radius 3 is 2.54 bits per heavy atom. The largest absolute Gasteiger partial charge is 0.466 e. The number of benzene rings is 1. The fourth-order valence-electron chi connectivity index (χ4n) is 4.29. The number of hydrogen-bond donors (Lipinski definition) is 0. The second kappa shape index (κ2) is 9.35. The third kappa shape index (κ3) is 5.33. The van der Waals surface area contributed by atoms with Gasteiger partial charge in [-0.05, 0) is 49.2 Å². The maximum Gasteiger partial charge on any atom is 0.324 e. The highest BCUT2D eigenvalue weighted by atomic mass is 32.2. The first kappa shape index (κ1) is 25.6. The van der Waals surface area contributed by atoms with Crippen LogP contribution in [-0.2, 0) is 15.3 Å². The fraction of sp³-hybridized carbons (Fsp3) is 0.500. The maximum absolute atomic E-state index is 14.3. The summed E-state index contributed by atoms with van der Waals surface area (Å²) in [5, 5.41) is 9.11. The summed E-state index contributed by atoms with van der Waals surface area (Å²) in [5.74, 6) is 0.251. The van der Waals surface area contributed by atoms with Crippen LogP contribution >= 0.6 is 11.3 Å². The molecule has 1 aromatic carbocycles. The van der Waals surface area contributed by atoms with E-state index < -0.39 is 15.7 Å². The number of sulfone groups is 1. The summed E-state index contributed by atoms with van der Waals surface area (Å²) in [4.78, 5) is 11.5. The molecule has 1 aliphatic rings. The highest BCUT2D eigenvalue weighted by Crippen LogP contribution is 2.31. The molecule has 3 aromatic heterocycles. The van der Waals surface area contributed by atoms with Gasteiger partial charge in [0.05, 0.1) is 11.9 Å². The number of aromatic nitrogens is 5. The van der Waals surface area contributed by atoms with Gasteiger partial charge in [-0.1, -0.05) is 32.0 Å². The number of fused-ring (bicyclic) bond motifs is 1. The molecule has 4 heterocycles. The lowest BCUT2D eigenvalue weighted by atomic mass is 9.92. The Balaban J connectivity index is 1.21. The van der Waals surface area contributed by atoms with E-state index in [4.69, 9.17) is 9.26 Å². The van der Waals surface area contributed by atoms with Crippen LogP contribution in [0.25, 0.3) is 16.2 Å². The molecule has 198 valence electrons. The molecule has 13 heteroatoms. The van der Waals surface area contributed by atoms with Crippen LogP contribution in [0.15, 0.2) is 33.8 Å². The number of hydrogen-bond acceptors (Lipinski definition) is 10. The van der Waals surface area contributed by atoms with E-state index in [-0.39, 0.29) is 16.4 Å². The molecular weight excluding hydrogens is 519 g/mol. The average Bonchev–Trinajstić information content (AvgIpc) is 3.53. The zero-order valence-electron chi connectivity index (χ0n) is 21.3. The summed E-state index contributed by atoms with van der Waals surface area (Å²) in [6, 6.07) is 4.53. The van der Waals surface area contributed by atoms with Crippen molar-refractivity contribution in [3.8, 4) is 16.5 Å². The predicted octanol–water partition coefficient (Wildman–Crippen LogP) is 4.36. The van der Waals surface area contributed by atoms with Gasteiger partial charge in [-0.3, -0.25) is 0 Å². The number of ether oxygens (including phenoxy) is 1. The summed E-state index contributed by atoms with van der Waals surface area (Å²) < 4.78 is 50.9. The Morgan fingerprint density at radius 1 is 1.22 bits per heavy atom. The van der Waals surface area contributed by atoms with E-state index in [1.807, 2.05) is 6.92 Å². The van der Waals surface area contributed by atoms with Gasteiger partial charge < -0.3 is 14.2 Å². The zero-order chi connectivity index (χ0) is 26.5. The van der Waals surface area contributed by atoms with E-state index in [1.54, 1.807) is 10.7 Å². The predicted molar refractivity (Wildman–Crippen MR) is 137 cm³/mol. The highest BCUT2D eigenvalue weighted by molar-refractivity contribution is 7.90. The van der Waals surface area contributed by atoms with Gasteiger partial charge in [0.25, 0.3) is 5.19 Å². The van der Waals surface area contributed by atoms with Gasteiger partial charge in [-0.25, -0.2) is 22.3 Å². The minimum Gasteiger partial charge on any atom is -0.466 e. The van der Waals surface area contributed by atoms with E-state index >= 15 is 0 Å². The molecule has 0 N–H and O–H groups in total. The van der Waals surface area contributed by atoms with Crippen molar-refractivity contribution in [3.63, 3.8) is 0 Å². The molecule has 37 heavy (non-hydrogen) atoms. The summed E-state index contributed by atoms with van der Waals surface area (Å²) in [5.41, 5.74) is 0.816. The van der Waals surface area contributed by atoms with Crippen LogP contribution in [0.3, 0.4) is 0 Å². The molecule has 1 saturated heterocycles. The van der Waals surface area contributed by atoms with Gasteiger partial charge in [0, 0.05) is 30.3 Å². The first-order chi connectivity index (χ1) is 17.4. The molecule has 10 nitrogen and oxygen atoms in total. The van der Waals surface area contributed by atoms with Crippen molar-refractivity contribution in [2.75, 3.05) is 24.2 Å². The maximum atomic E-state index is 14.3. The van der Waals surface area contributed by atoms with Crippen LogP contribution < -0.4 is 9.64 Å². The lowest BCUT2D eigenvalue weighted by Gasteiger charge is -2.33. The summed E-state index contributed by atoms with van der Waals surface area (Å²) >= 11 is 1.30. The third-order valence-corrected chi connectivity index (χ3v) is 8.44. The third-order valence-electron chi connectivity index (χ3n) is 6.50. The minimum absolute atomic E-state index is 0.0390. The fourth-order valence-corrected chi connectivity index (χ4v) is 5.84. The molecule has 0 amide bonds. The number of imidazole rings is 1. The van der Waals surface area contributed by atoms with Gasteiger partial charge in [0.1, 0.15) is 16.8 Å². The monoisotopic (exact) mass is 548 g/mol. The number of rotatable bonds is 6. The number of piperidine rings is 1. The number of anilines is 1. The van der Waals surface area contributed by atoms with E-state index in [0.29, 0.717) is 39.2 Å². The molecule has 0 saturated carbocycles. The van der Waals surface area contributed by atoms with Gasteiger partial charge >= 0.3 is 6.01 Å². The first-order valence-corrected chi connectivity index (χ1v) is 14.7. The van der Waals surface area contributed by atoms with Crippen molar-refractivity contribution in [2.45, 2.75) is 57.0 Å². The van der Waals surface area contributed by atoms with Gasteiger partial charge in [-0.15, -0.1) is 5.10 Å². The number of nitrogens with zero attached hydrogens (tertiary/aromatic N) is 6. The molecule has 1 fully saturated rings. The van der Waals surface area contributed by atoms with Crippen LogP contribution in [0.1, 0.15) is 46.4 Å². The van der Waals surface area contributed by atoms with Gasteiger partial charge in [-0.2, -0.15) is 4.98 Å². The quantitative estimate of drug-likeness (QED) is 0.346. The van der Waals surface area contributed by atoms with Gasteiger partial charge in [0.2, 0.25) is 4.96 Å². The Bertz CT molecular complexity index is 1500. The summed E-state index contributed by atoms with van der Waals surface area (Å²) in [6.07, 6.45) is 4.46. The van der Waals surface area contributed by atoms with E-state index in [2.05, 4.69) is 45.9 Å². The van der Waals surface area contributed by atoms with Crippen molar-refractivity contribution in [1.82, 2.24) is 24.7 Å². The molecule has 4 aromatic rings. The minimum atomic E-state index is -3.64. The Labute approximate surface area is 218 Å². The molecule has 0 bridgehead atoms. The molecule has 0 aliphatic carbocycles. The van der Waals surface area contributed by atoms with Crippen LogP contribution in [0.4, 0.5) is 10.4 Å². The van der Waals surface area contributed by atoms with Crippen molar-refractivity contribution >= 4 is 32.1 Å². The van der Waals surface area contributed by atoms with Crippen molar-refractivity contribution in [2.24, 2.45) is 5.92 Å². The molecule has 1 atom stereocenters. The second-order valence-corrected chi connectivity index (χ2v) is 13.3. The van der Waals surface area contributed by atoms with E-state index in [9.17, 15) is 12.8 Å². The number of halogens is 1. The topological polar surface area (TPSA) is 116 Å². The lowest BCUT2D eigenvalue weighted by Crippen LogP contribution is -2.38. The molecule has 0 radical (unpaired) electrons. The first-order valence-electron chi connectivity index (χ1n) is 12.0. The van der Waals surface area contributed by atoms with E-state index in [0.717, 1.165) is 32.2 Å². The van der Waals surface area contributed by atoms with Crippen LogP contribution in [-0.4, -0.2) is 58.6 Å². The zero-order valence-corrected chi connectivity index (χ0v) is 22.9. The Kier molecular flexibility index (Phi) is 6.47. The smallest absolute Gasteiger partial charge is 0.324 e. The van der Waals surface area contributed by atoms with Gasteiger partial charge in [0.15, 0.2) is 15.7 Å². The standard InChI is InChI=1S/C24H29FN6O4S2/c1-14(15-8-10-30(11-9-15)21-27-20(29-35-21)24(2,3)4)34-23-28-31-13-18(26-22(31)36-23)16-6-7-19(17(25)12-16)37(5,32)33/h6-7,12-15H,8-11H2,1-5H3/t14-/m0/s1. The molecule has 5 rings (SSSR count). The highest BCUT2D eigenvalue weighted by Gasteiger charge is 2.30. The second-order valence-electron chi connectivity index (χ2n) is 10.4.